The van der Waals surface area contributed by atoms with Crippen molar-refractivity contribution < 1.29 is 9.53 Å². The molecule has 2 atom stereocenters. The van der Waals surface area contributed by atoms with Gasteiger partial charge in [0.15, 0.2) is 0 Å². The molecule has 1 aromatic carbocycles. The Morgan fingerprint density at radius 2 is 2.08 bits per heavy atom. The highest BCUT2D eigenvalue weighted by molar-refractivity contribution is 5.94. The summed E-state index contributed by atoms with van der Waals surface area (Å²) < 4.78 is 7.47. The van der Waals surface area contributed by atoms with Gasteiger partial charge in [0.25, 0.3) is 5.91 Å². The number of aromatic nitrogens is 2. The van der Waals surface area contributed by atoms with E-state index in [1.165, 1.54) is 5.56 Å². The zero-order valence-corrected chi connectivity index (χ0v) is 15.0. The number of anilines is 1. The maximum atomic E-state index is 12.6. The van der Waals surface area contributed by atoms with Crippen LogP contribution in [0.5, 0.6) is 0 Å². The minimum atomic E-state index is -0.447. The summed E-state index contributed by atoms with van der Waals surface area (Å²) in [6, 6.07) is 9.99. The average Bonchev–Trinajstić information content (AvgIpc) is 3.22. The molecule has 0 unspecified atom stereocenters. The van der Waals surface area contributed by atoms with Crippen LogP contribution in [0, 0.1) is 6.92 Å². The van der Waals surface area contributed by atoms with Gasteiger partial charge in [-0.05, 0) is 37.8 Å². The first-order chi connectivity index (χ1) is 12.0. The SMILES string of the molecule is Cc1ccc(-n2nc(C(C)C)cc2NC(=O)[C@@H]2CC[C@H](CN)O2)cc1. The molecule has 1 saturated heterocycles. The third-order valence-corrected chi connectivity index (χ3v) is 4.51. The summed E-state index contributed by atoms with van der Waals surface area (Å²) in [6.07, 6.45) is 1.05. The van der Waals surface area contributed by atoms with Gasteiger partial charge in [0.2, 0.25) is 0 Å². The number of hydrogen-bond donors (Lipinski definition) is 2. The molecule has 1 amide bonds. The summed E-state index contributed by atoms with van der Waals surface area (Å²) in [5.41, 5.74) is 8.66. The van der Waals surface area contributed by atoms with E-state index in [9.17, 15) is 4.79 Å². The van der Waals surface area contributed by atoms with E-state index >= 15 is 0 Å². The van der Waals surface area contributed by atoms with Crippen LogP contribution in [-0.4, -0.2) is 34.4 Å². The topological polar surface area (TPSA) is 82.2 Å². The lowest BCUT2D eigenvalue weighted by Crippen LogP contribution is -2.30. The second kappa shape index (κ2) is 7.37. The van der Waals surface area contributed by atoms with Crippen LogP contribution in [-0.2, 0) is 9.53 Å². The first-order valence-corrected chi connectivity index (χ1v) is 8.81. The largest absolute Gasteiger partial charge is 0.364 e. The fourth-order valence-electron chi connectivity index (χ4n) is 2.93. The minimum Gasteiger partial charge on any atom is -0.364 e. The van der Waals surface area contributed by atoms with Gasteiger partial charge < -0.3 is 15.8 Å². The summed E-state index contributed by atoms with van der Waals surface area (Å²) >= 11 is 0. The highest BCUT2D eigenvalue weighted by atomic mass is 16.5. The molecule has 6 nitrogen and oxygen atoms in total. The minimum absolute atomic E-state index is 0.0241. The van der Waals surface area contributed by atoms with Gasteiger partial charge in [0.05, 0.1) is 17.5 Å². The molecule has 2 aromatic rings. The first-order valence-electron chi connectivity index (χ1n) is 8.81. The van der Waals surface area contributed by atoms with Gasteiger partial charge in [0, 0.05) is 12.6 Å². The van der Waals surface area contributed by atoms with Gasteiger partial charge in [0.1, 0.15) is 11.9 Å². The summed E-state index contributed by atoms with van der Waals surface area (Å²) in [4.78, 5) is 12.6. The van der Waals surface area contributed by atoms with Gasteiger partial charge in [-0.3, -0.25) is 4.79 Å². The van der Waals surface area contributed by atoms with E-state index < -0.39 is 6.10 Å². The molecule has 134 valence electrons. The van der Waals surface area contributed by atoms with Crippen molar-refractivity contribution in [2.75, 3.05) is 11.9 Å². The Hall–Kier alpha value is -2.18. The van der Waals surface area contributed by atoms with Crippen molar-refractivity contribution in [3.63, 3.8) is 0 Å². The molecular formula is C19H26N4O2. The molecule has 0 radical (unpaired) electrons. The van der Waals surface area contributed by atoms with Crippen LogP contribution in [0.1, 0.15) is 43.9 Å². The second-order valence-electron chi connectivity index (χ2n) is 6.91. The Morgan fingerprint density at radius 1 is 1.36 bits per heavy atom. The summed E-state index contributed by atoms with van der Waals surface area (Å²) in [5, 5.41) is 7.64. The van der Waals surface area contributed by atoms with Crippen molar-refractivity contribution in [1.82, 2.24) is 9.78 Å². The van der Waals surface area contributed by atoms with E-state index in [0.717, 1.165) is 17.8 Å². The van der Waals surface area contributed by atoms with Crippen molar-refractivity contribution in [3.8, 4) is 5.69 Å². The number of nitrogens with two attached hydrogens (primary N) is 1. The van der Waals surface area contributed by atoms with Gasteiger partial charge in [-0.15, -0.1) is 0 Å². The standard InChI is InChI=1S/C19H26N4O2/c1-12(2)16-10-18(21-19(24)17-9-8-15(11-20)25-17)23(22-16)14-6-4-13(3)5-7-14/h4-7,10,12,15,17H,8-9,11,20H2,1-3H3,(H,21,24)/t15-,17+/m1/s1. The molecule has 0 aliphatic carbocycles. The Morgan fingerprint density at radius 3 is 2.68 bits per heavy atom. The molecule has 1 aliphatic rings. The van der Waals surface area contributed by atoms with Crippen LogP contribution in [0.3, 0.4) is 0 Å². The van der Waals surface area contributed by atoms with Gasteiger partial charge in [-0.25, -0.2) is 4.68 Å². The molecule has 1 fully saturated rings. The lowest BCUT2D eigenvalue weighted by Gasteiger charge is -2.14. The molecule has 25 heavy (non-hydrogen) atoms. The van der Waals surface area contributed by atoms with Crippen LogP contribution >= 0.6 is 0 Å². The number of ether oxygens (including phenoxy) is 1. The smallest absolute Gasteiger partial charge is 0.254 e. The Kier molecular flexibility index (Phi) is 5.20. The second-order valence-corrected chi connectivity index (χ2v) is 6.91. The third kappa shape index (κ3) is 3.91. The number of nitrogens with zero attached hydrogens (tertiary/aromatic N) is 2. The van der Waals surface area contributed by atoms with Crippen LogP contribution in [0.2, 0.25) is 0 Å². The summed E-state index contributed by atoms with van der Waals surface area (Å²) in [5.74, 6) is 0.795. The highest BCUT2D eigenvalue weighted by Gasteiger charge is 2.30. The third-order valence-electron chi connectivity index (χ3n) is 4.51. The van der Waals surface area contributed by atoms with Gasteiger partial charge in [-0.1, -0.05) is 31.5 Å². The monoisotopic (exact) mass is 342 g/mol. The fraction of sp³-hybridized carbons (Fsp3) is 0.474. The van der Waals surface area contributed by atoms with E-state index in [1.54, 1.807) is 4.68 Å². The maximum absolute atomic E-state index is 12.6. The van der Waals surface area contributed by atoms with Crippen molar-refractivity contribution in [1.29, 1.82) is 0 Å². The van der Waals surface area contributed by atoms with E-state index in [-0.39, 0.29) is 17.9 Å². The zero-order valence-electron chi connectivity index (χ0n) is 15.0. The Labute approximate surface area is 148 Å². The molecule has 2 heterocycles. The molecule has 0 saturated carbocycles. The van der Waals surface area contributed by atoms with Crippen LogP contribution in [0.4, 0.5) is 5.82 Å². The molecule has 1 aliphatic heterocycles. The number of hydrogen-bond acceptors (Lipinski definition) is 4. The average molecular weight is 342 g/mol. The van der Waals surface area contributed by atoms with Crippen molar-refractivity contribution in [3.05, 3.63) is 41.6 Å². The van der Waals surface area contributed by atoms with Gasteiger partial charge in [-0.2, -0.15) is 5.10 Å². The quantitative estimate of drug-likeness (QED) is 0.875. The summed E-state index contributed by atoms with van der Waals surface area (Å²) in [6.45, 7) is 6.65. The molecule has 0 spiro atoms. The Bertz CT molecular complexity index is 736. The fourth-order valence-corrected chi connectivity index (χ4v) is 2.93. The lowest BCUT2D eigenvalue weighted by molar-refractivity contribution is -0.126. The predicted molar refractivity (Wildman–Crippen MR) is 98.0 cm³/mol. The molecule has 3 rings (SSSR count). The molecule has 0 bridgehead atoms. The highest BCUT2D eigenvalue weighted by Crippen LogP contribution is 2.24. The van der Waals surface area contributed by atoms with E-state index in [2.05, 4.69) is 24.3 Å². The van der Waals surface area contributed by atoms with Gasteiger partial charge >= 0.3 is 0 Å². The number of rotatable bonds is 5. The van der Waals surface area contributed by atoms with Crippen LogP contribution in [0.15, 0.2) is 30.3 Å². The normalized spacial score (nSPS) is 20.2. The molecule has 3 N–H and O–H groups in total. The van der Waals surface area contributed by atoms with Crippen molar-refractivity contribution >= 4 is 11.7 Å². The number of amides is 1. The van der Waals surface area contributed by atoms with E-state index in [0.29, 0.717) is 18.8 Å². The van der Waals surface area contributed by atoms with E-state index in [1.807, 2.05) is 37.3 Å². The molecule has 6 heteroatoms. The van der Waals surface area contributed by atoms with Crippen molar-refractivity contribution in [2.24, 2.45) is 5.73 Å². The summed E-state index contributed by atoms with van der Waals surface area (Å²) in [7, 11) is 0. The molecule has 1 aromatic heterocycles. The van der Waals surface area contributed by atoms with Crippen LogP contribution in [0.25, 0.3) is 5.69 Å². The first kappa shape index (κ1) is 17.6. The van der Waals surface area contributed by atoms with Crippen LogP contribution < -0.4 is 11.1 Å². The number of carbonyl (C=O) groups excluding carboxylic acids is 1. The lowest BCUT2D eigenvalue weighted by atomic mass is 10.1. The Balaban J connectivity index is 1.84. The number of carbonyl (C=O) groups is 1. The van der Waals surface area contributed by atoms with Crippen molar-refractivity contribution in [2.45, 2.75) is 51.7 Å². The maximum Gasteiger partial charge on any atom is 0.254 e. The molecular weight excluding hydrogens is 316 g/mol. The number of benzene rings is 1. The number of nitrogens with one attached hydrogen (secondary N) is 1. The van der Waals surface area contributed by atoms with E-state index in [4.69, 9.17) is 10.5 Å². The predicted octanol–water partition coefficient (Wildman–Crippen LogP) is 2.75. The zero-order chi connectivity index (χ0) is 18.0. The number of aryl methyl sites for hydroxylation is 1.